The van der Waals surface area contributed by atoms with Crippen molar-refractivity contribution in [1.29, 1.82) is 5.41 Å². The van der Waals surface area contributed by atoms with Gasteiger partial charge in [-0.1, -0.05) is 24.3 Å². The van der Waals surface area contributed by atoms with Gasteiger partial charge in [0.2, 0.25) is 0 Å². The highest BCUT2D eigenvalue weighted by Gasteiger charge is 2.17. The fourth-order valence-corrected chi connectivity index (χ4v) is 2.72. The summed E-state index contributed by atoms with van der Waals surface area (Å²) in [7, 11) is 0. The minimum atomic E-state index is -0.601. The smallest absolute Gasteiger partial charge is 0.325 e. The van der Waals surface area contributed by atoms with E-state index >= 15 is 0 Å². The predicted octanol–water partition coefficient (Wildman–Crippen LogP) is 2.36. The maximum atomic E-state index is 12.4. The normalized spacial score (nSPS) is 11.3. The van der Waals surface area contributed by atoms with E-state index in [1.54, 1.807) is 55.6 Å². The molecule has 0 atom stereocenters. The van der Waals surface area contributed by atoms with Crippen LogP contribution in [-0.4, -0.2) is 39.2 Å². The highest BCUT2D eigenvalue weighted by atomic mass is 16.6. The maximum Gasteiger partial charge on any atom is 0.325 e. The molecule has 2 aromatic heterocycles. The van der Waals surface area contributed by atoms with E-state index in [1.807, 2.05) is 18.3 Å². The first-order valence-corrected chi connectivity index (χ1v) is 9.06. The van der Waals surface area contributed by atoms with Crippen LogP contribution in [0.4, 0.5) is 0 Å². The van der Waals surface area contributed by atoms with Gasteiger partial charge in [0, 0.05) is 23.5 Å². The summed E-state index contributed by atoms with van der Waals surface area (Å²) in [4.78, 5) is 28.7. The first kappa shape index (κ1) is 20.1. The molecule has 150 valence electrons. The quantitative estimate of drug-likeness (QED) is 0.349. The summed E-state index contributed by atoms with van der Waals surface area (Å²) >= 11 is 0. The van der Waals surface area contributed by atoms with Crippen LogP contribution in [0.2, 0.25) is 0 Å². The van der Waals surface area contributed by atoms with Gasteiger partial charge in [-0.2, -0.15) is 0 Å². The van der Waals surface area contributed by atoms with Crippen molar-refractivity contribution in [2.75, 3.05) is 6.54 Å². The van der Waals surface area contributed by atoms with Crippen molar-refractivity contribution in [1.82, 2.24) is 14.7 Å². The third-order valence-corrected chi connectivity index (χ3v) is 4.02. The van der Waals surface area contributed by atoms with Crippen LogP contribution in [0.5, 0.6) is 0 Å². The van der Waals surface area contributed by atoms with Gasteiger partial charge in [0.05, 0.1) is 11.3 Å². The number of nitrogens with zero attached hydrogens (tertiary/aromatic N) is 2. The Bertz CT molecular complexity index is 1080. The number of nitrogens with two attached hydrogens (primary N) is 1. The standard InChI is InChI=1S/C21H23N5O3/c1-21(2,3)29-18(27)10-24-20(28)15-8-9-17-25-16(12-26(17)11-15)13-4-6-14(7-5-13)19(22)23/h4-9,11-12H,10H2,1-3H3,(H3,22,23)(H,24,28). The maximum absolute atomic E-state index is 12.4. The SMILES string of the molecule is CC(C)(C)OC(=O)CNC(=O)c1ccc2nc(-c3ccc(C(=N)N)cc3)cn2c1. The summed E-state index contributed by atoms with van der Waals surface area (Å²) in [5.41, 5.74) is 8.20. The minimum absolute atomic E-state index is 0.00795. The number of amides is 1. The fourth-order valence-electron chi connectivity index (χ4n) is 2.72. The lowest BCUT2D eigenvalue weighted by atomic mass is 10.1. The Morgan fingerprint density at radius 2 is 1.76 bits per heavy atom. The van der Waals surface area contributed by atoms with Crippen molar-refractivity contribution < 1.29 is 14.3 Å². The van der Waals surface area contributed by atoms with E-state index in [2.05, 4.69) is 10.3 Å². The summed E-state index contributed by atoms with van der Waals surface area (Å²) in [6, 6.07) is 10.6. The Hall–Kier alpha value is -3.68. The second kappa shape index (κ2) is 7.75. The summed E-state index contributed by atoms with van der Waals surface area (Å²) in [5.74, 6) is -0.863. The Balaban J connectivity index is 1.74. The Labute approximate surface area is 168 Å². The third kappa shape index (κ3) is 4.98. The molecule has 0 aliphatic carbocycles. The van der Waals surface area contributed by atoms with E-state index in [1.165, 1.54) is 0 Å². The molecular weight excluding hydrogens is 370 g/mol. The lowest BCUT2D eigenvalue weighted by Crippen LogP contribution is -2.34. The molecule has 0 bridgehead atoms. The Kier molecular flexibility index (Phi) is 5.36. The van der Waals surface area contributed by atoms with Gasteiger partial charge in [-0.05, 0) is 32.9 Å². The molecule has 1 amide bonds. The number of benzene rings is 1. The number of nitrogen functional groups attached to an aromatic ring is 1. The van der Waals surface area contributed by atoms with E-state index in [0.717, 1.165) is 11.3 Å². The van der Waals surface area contributed by atoms with E-state index < -0.39 is 11.6 Å². The largest absolute Gasteiger partial charge is 0.459 e. The van der Waals surface area contributed by atoms with Crippen LogP contribution in [0.15, 0.2) is 48.8 Å². The molecule has 0 radical (unpaired) electrons. The molecule has 2 heterocycles. The molecule has 1 aromatic carbocycles. The van der Waals surface area contributed by atoms with Gasteiger partial charge in [0.1, 0.15) is 23.6 Å². The fraction of sp³-hybridized carbons (Fsp3) is 0.238. The molecule has 0 fully saturated rings. The van der Waals surface area contributed by atoms with Crippen molar-refractivity contribution in [2.24, 2.45) is 5.73 Å². The summed E-state index contributed by atoms with van der Waals surface area (Å²) in [6.45, 7) is 5.10. The summed E-state index contributed by atoms with van der Waals surface area (Å²) < 4.78 is 6.93. The highest BCUT2D eigenvalue weighted by Crippen LogP contribution is 2.20. The van der Waals surface area contributed by atoms with E-state index in [9.17, 15) is 9.59 Å². The number of rotatable bonds is 5. The van der Waals surface area contributed by atoms with Crippen molar-refractivity contribution in [3.63, 3.8) is 0 Å². The number of fused-ring (bicyclic) bond motifs is 1. The number of imidazole rings is 1. The topological polar surface area (TPSA) is 123 Å². The zero-order valence-electron chi connectivity index (χ0n) is 16.5. The monoisotopic (exact) mass is 393 g/mol. The number of hydrogen-bond acceptors (Lipinski definition) is 5. The number of ether oxygens (including phenoxy) is 1. The molecule has 0 aliphatic heterocycles. The Morgan fingerprint density at radius 3 is 2.38 bits per heavy atom. The number of hydrogen-bond donors (Lipinski definition) is 3. The number of carbonyl (C=O) groups is 2. The third-order valence-electron chi connectivity index (χ3n) is 4.02. The first-order valence-electron chi connectivity index (χ1n) is 9.06. The van der Waals surface area contributed by atoms with Gasteiger partial charge in [-0.3, -0.25) is 15.0 Å². The molecule has 4 N–H and O–H groups in total. The molecule has 0 spiro atoms. The van der Waals surface area contributed by atoms with Crippen LogP contribution in [0.1, 0.15) is 36.7 Å². The van der Waals surface area contributed by atoms with E-state index in [-0.39, 0.29) is 18.3 Å². The van der Waals surface area contributed by atoms with Gasteiger partial charge in [-0.25, -0.2) is 4.98 Å². The van der Waals surface area contributed by atoms with Gasteiger partial charge in [0.15, 0.2) is 0 Å². The summed E-state index contributed by atoms with van der Waals surface area (Å²) in [6.07, 6.45) is 3.46. The second-order valence-electron chi connectivity index (χ2n) is 7.57. The average Bonchev–Trinajstić information content (AvgIpc) is 3.08. The molecule has 3 aromatic rings. The molecule has 0 aliphatic rings. The molecule has 0 unspecified atom stereocenters. The zero-order valence-corrected chi connectivity index (χ0v) is 16.5. The van der Waals surface area contributed by atoms with Crippen LogP contribution in [0.25, 0.3) is 16.9 Å². The molecule has 29 heavy (non-hydrogen) atoms. The van der Waals surface area contributed by atoms with Crippen LogP contribution >= 0.6 is 0 Å². The molecule has 3 rings (SSSR count). The number of nitrogens with one attached hydrogen (secondary N) is 2. The van der Waals surface area contributed by atoms with Crippen LogP contribution in [0, 0.1) is 5.41 Å². The average molecular weight is 393 g/mol. The lowest BCUT2D eigenvalue weighted by Gasteiger charge is -2.19. The molecule has 8 nitrogen and oxygen atoms in total. The first-order chi connectivity index (χ1) is 13.6. The van der Waals surface area contributed by atoms with Gasteiger partial charge in [0.25, 0.3) is 5.91 Å². The second-order valence-corrected chi connectivity index (χ2v) is 7.57. The van der Waals surface area contributed by atoms with Gasteiger partial charge < -0.3 is 20.2 Å². The van der Waals surface area contributed by atoms with Crippen LogP contribution in [0.3, 0.4) is 0 Å². The predicted molar refractivity (Wildman–Crippen MR) is 110 cm³/mol. The van der Waals surface area contributed by atoms with Crippen molar-refractivity contribution in [3.8, 4) is 11.3 Å². The molecule has 8 heteroatoms. The van der Waals surface area contributed by atoms with Crippen molar-refractivity contribution >= 4 is 23.4 Å². The van der Waals surface area contributed by atoms with E-state index in [0.29, 0.717) is 16.8 Å². The van der Waals surface area contributed by atoms with Crippen molar-refractivity contribution in [2.45, 2.75) is 26.4 Å². The minimum Gasteiger partial charge on any atom is -0.459 e. The molecular formula is C21H23N5O3. The zero-order chi connectivity index (χ0) is 21.2. The van der Waals surface area contributed by atoms with Gasteiger partial charge in [-0.15, -0.1) is 0 Å². The number of aromatic nitrogens is 2. The van der Waals surface area contributed by atoms with Gasteiger partial charge >= 0.3 is 5.97 Å². The number of pyridine rings is 1. The van der Waals surface area contributed by atoms with Crippen LogP contribution < -0.4 is 11.1 Å². The van der Waals surface area contributed by atoms with E-state index in [4.69, 9.17) is 15.9 Å². The number of carbonyl (C=O) groups excluding carboxylic acids is 2. The Morgan fingerprint density at radius 1 is 1.10 bits per heavy atom. The lowest BCUT2D eigenvalue weighted by molar-refractivity contribution is -0.153. The van der Waals surface area contributed by atoms with Crippen molar-refractivity contribution in [3.05, 3.63) is 59.9 Å². The number of amidine groups is 1. The molecule has 0 saturated heterocycles. The molecule has 0 saturated carbocycles. The highest BCUT2D eigenvalue weighted by molar-refractivity contribution is 5.96. The summed E-state index contributed by atoms with van der Waals surface area (Å²) in [5, 5.41) is 10.0. The number of esters is 1. The van der Waals surface area contributed by atoms with Crippen LogP contribution in [-0.2, 0) is 9.53 Å².